The van der Waals surface area contributed by atoms with Gasteiger partial charge in [0.2, 0.25) is 5.91 Å². The lowest BCUT2D eigenvalue weighted by atomic mass is 10.2. The first kappa shape index (κ1) is 20.9. The van der Waals surface area contributed by atoms with Crippen LogP contribution in [0.3, 0.4) is 0 Å². The highest BCUT2D eigenvalue weighted by molar-refractivity contribution is 7.99. The summed E-state index contributed by atoms with van der Waals surface area (Å²) in [6.07, 6.45) is 1.38. The zero-order valence-corrected chi connectivity index (χ0v) is 16.5. The van der Waals surface area contributed by atoms with Crippen molar-refractivity contribution in [2.45, 2.75) is 17.7 Å². The third kappa shape index (κ3) is 5.80. The lowest BCUT2D eigenvalue weighted by molar-refractivity contribution is -0.141. The molecule has 0 radical (unpaired) electrons. The fourth-order valence-corrected chi connectivity index (χ4v) is 3.66. The number of anilines is 1. The average molecular weight is 416 g/mol. The Labute approximate surface area is 172 Å². The number of halogens is 1. The summed E-state index contributed by atoms with van der Waals surface area (Å²) in [4.78, 5) is 37.9. The van der Waals surface area contributed by atoms with Crippen LogP contribution in [0.15, 0.2) is 53.4 Å². The van der Waals surface area contributed by atoms with Crippen molar-refractivity contribution in [3.05, 3.63) is 59.9 Å². The number of thioether (sulfide) groups is 1. The van der Waals surface area contributed by atoms with Crippen LogP contribution < -0.4 is 10.2 Å². The van der Waals surface area contributed by atoms with E-state index in [1.54, 1.807) is 47.4 Å². The van der Waals surface area contributed by atoms with Crippen LogP contribution in [-0.4, -0.2) is 43.2 Å². The second kappa shape index (κ2) is 10.1. The van der Waals surface area contributed by atoms with Crippen LogP contribution in [0.1, 0.15) is 23.2 Å². The molecular weight excluding hydrogens is 395 g/mol. The van der Waals surface area contributed by atoms with Crippen molar-refractivity contribution in [1.29, 1.82) is 0 Å². The maximum atomic E-state index is 13.5. The van der Waals surface area contributed by atoms with Gasteiger partial charge in [0.15, 0.2) is 0 Å². The SMILES string of the molecule is O=C(CNC(=O)c1ccc(N2CCCC2=O)cc1)OCCSc1ccccc1F. The lowest BCUT2D eigenvalue weighted by Gasteiger charge is -2.15. The molecule has 2 aromatic carbocycles. The minimum Gasteiger partial charge on any atom is -0.463 e. The number of hydrogen-bond donors (Lipinski definition) is 1. The highest BCUT2D eigenvalue weighted by atomic mass is 32.2. The number of nitrogens with zero attached hydrogens (tertiary/aromatic N) is 1. The Morgan fingerprint density at radius 1 is 1.14 bits per heavy atom. The molecule has 2 amide bonds. The first-order chi connectivity index (χ1) is 14.0. The highest BCUT2D eigenvalue weighted by Gasteiger charge is 2.21. The maximum Gasteiger partial charge on any atom is 0.325 e. The summed E-state index contributed by atoms with van der Waals surface area (Å²) >= 11 is 1.25. The van der Waals surface area contributed by atoms with Gasteiger partial charge in [-0.2, -0.15) is 0 Å². The normalized spacial score (nSPS) is 13.4. The first-order valence-corrected chi connectivity index (χ1v) is 10.2. The average Bonchev–Trinajstić information content (AvgIpc) is 3.16. The van der Waals surface area contributed by atoms with Crippen molar-refractivity contribution in [3.8, 4) is 0 Å². The Morgan fingerprint density at radius 3 is 2.59 bits per heavy atom. The number of amides is 2. The Bertz CT molecular complexity index is 889. The minimum absolute atomic E-state index is 0.0816. The number of carbonyl (C=O) groups excluding carboxylic acids is 3. The van der Waals surface area contributed by atoms with Gasteiger partial charge in [-0.3, -0.25) is 14.4 Å². The van der Waals surface area contributed by atoms with E-state index in [1.807, 2.05) is 0 Å². The van der Waals surface area contributed by atoms with E-state index in [4.69, 9.17) is 4.74 Å². The molecule has 0 bridgehead atoms. The largest absolute Gasteiger partial charge is 0.463 e. The number of nitrogens with one attached hydrogen (secondary N) is 1. The summed E-state index contributed by atoms with van der Waals surface area (Å²) in [6, 6.07) is 13.1. The van der Waals surface area contributed by atoms with Crippen LogP contribution in [0.2, 0.25) is 0 Å². The summed E-state index contributed by atoms with van der Waals surface area (Å²) in [5, 5.41) is 2.50. The van der Waals surface area contributed by atoms with E-state index in [9.17, 15) is 18.8 Å². The van der Waals surface area contributed by atoms with Crippen LogP contribution in [0.25, 0.3) is 0 Å². The molecule has 1 saturated heterocycles. The highest BCUT2D eigenvalue weighted by Crippen LogP contribution is 2.22. The molecule has 0 saturated carbocycles. The van der Waals surface area contributed by atoms with Crippen molar-refractivity contribution in [3.63, 3.8) is 0 Å². The fourth-order valence-electron chi connectivity index (χ4n) is 2.89. The number of carbonyl (C=O) groups is 3. The third-order valence-electron chi connectivity index (χ3n) is 4.35. The van der Waals surface area contributed by atoms with Crippen molar-refractivity contribution < 1.29 is 23.5 Å². The number of hydrogen-bond acceptors (Lipinski definition) is 5. The molecule has 0 spiro atoms. The van der Waals surface area contributed by atoms with Crippen LogP contribution in [0, 0.1) is 5.82 Å². The number of rotatable bonds is 8. The second-order valence-electron chi connectivity index (χ2n) is 6.38. The quantitative estimate of drug-likeness (QED) is 0.407. The van der Waals surface area contributed by atoms with Crippen molar-refractivity contribution >= 4 is 35.2 Å². The van der Waals surface area contributed by atoms with E-state index >= 15 is 0 Å². The summed E-state index contributed by atoms with van der Waals surface area (Å²) < 4.78 is 18.5. The van der Waals surface area contributed by atoms with Gasteiger partial charge in [0.1, 0.15) is 19.0 Å². The van der Waals surface area contributed by atoms with E-state index in [2.05, 4.69) is 5.32 Å². The summed E-state index contributed by atoms with van der Waals surface area (Å²) in [7, 11) is 0. The molecule has 1 heterocycles. The van der Waals surface area contributed by atoms with Gasteiger partial charge in [-0.1, -0.05) is 12.1 Å². The van der Waals surface area contributed by atoms with E-state index < -0.39 is 11.9 Å². The standard InChI is InChI=1S/C21H21FN2O4S/c22-17-4-1-2-5-18(17)29-13-12-28-20(26)14-23-21(27)15-7-9-16(10-8-15)24-11-3-6-19(24)25/h1-2,4-5,7-10H,3,6,11-14H2,(H,23,27). The molecule has 0 aromatic heterocycles. The van der Waals surface area contributed by atoms with Gasteiger partial charge < -0.3 is 15.0 Å². The van der Waals surface area contributed by atoms with E-state index in [0.29, 0.717) is 29.2 Å². The fraction of sp³-hybridized carbons (Fsp3) is 0.286. The molecule has 3 rings (SSSR count). The van der Waals surface area contributed by atoms with E-state index in [1.165, 1.54) is 17.8 Å². The molecule has 1 N–H and O–H groups in total. The van der Waals surface area contributed by atoms with Crippen LogP contribution in [-0.2, 0) is 14.3 Å². The number of esters is 1. The van der Waals surface area contributed by atoms with Crippen LogP contribution in [0.4, 0.5) is 10.1 Å². The van der Waals surface area contributed by atoms with E-state index in [-0.39, 0.29) is 24.9 Å². The lowest BCUT2D eigenvalue weighted by Crippen LogP contribution is -2.31. The van der Waals surface area contributed by atoms with Gasteiger partial charge in [-0.15, -0.1) is 11.8 Å². The van der Waals surface area contributed by atoms with Gasteiger partial charge >= 0.3 is 5.97 Å². The van der Waals surface area contributed by atoms with Gasteiger partial charge in [-0.05, 0) is 42.8 Å². The number of ether oxygens (including phenoxy) is 1. The molecule has 6 nitrogen and oxygen atoms in total. The first-order valence-electron chi connectivity index (χ1n) is 9.26. The third-order valence-corrected chi connectivity index (χ3v) is 5.36. The Balaban J connectivity index is 1.38. The van der Waals surface area contributed by atoms with Gasteiger partial charge in [0, 0.05) is 34.9 Å². The molecule has 29 heavy (non-hydrogen) atoms. The maximum absolute atomic E-state index is 13.5. The van der Waals surface area contributed by atoms with Crippen molar-refractivity contribution in [2.24, 2.45) is 0 Å². The molecule has 1 aliphatic heterocycles. The topological polar surface area (TPSA) is 75.7 Å². The summed E-state index contributed by atoms with van der Waals surface area (Å²) in [5.41, 5.74) is 1.15. The monoisotopic (exact) mass is 416 g/mol. The van der Waals surface area contributed by atoms with Crippen LogP contribution in [0.5, 0.6) is 0 Å². The molecule has 152 valence electrons. The molecular formula is C21H21FN2O4S. The van der Waals surface area contributed by atoms with Gasteiger partial charge in [-0.25, -0.2) is 4.39 Å². The Morgan fingerprint density at radius 2 is 1.90 bits per heavy atom. The molecule has 1 aliphatic rings. The molecule has 2 aromatic rings. The summed E-state index contributed by atoms with van der Waals surface area (Å²) in [6.45, 7) is 0.549. The predicted molar refractivity (Wildman–Crippen MR) is 108 cm³/mol. The smallest absolute Gasteiger partial charge is 0.325 e. The van der Waals surface area contributed by atoms with Gasteiger partial charge in [0.05, 0.1) is 0 Å². The molecule has 0 aliphatic carbocycles. The second-order valence-corrected chi connectivity index (χ2v) is 7.51. The molecule has 0 atom stereocenters. The molecule has 8 heteroatoms. The summed E-state index contributed by atoms with van der Waals surface area (Å²) in [5.74, 6) is -0.778. The Kier molecular flexibility index (Phi) is 7.24. The number of benzene rings is 2. The Hall–Kier alpha value is -2.87. The minimum atomic E-state index is -0.563. The van der Waals surface area contributed by atoms with Gasteiger partial charge in [0.25, 0.3) is 5.91 Å². The van der Waals surface area contributed by atoms with Crippen molar-refractivity contribution in [1.82, 2.24) is 5.32 Å². The van der Waals surface area contributed by atoms with Crippen molar-refractivity contribution in [2.75, 3.05) is 30.3 Å². The molecule has 0 unspecified atom stereocenters. The van der Waals surface area contributed by atoms with E-state index in [0.717, 1.165) is 12.1 Å². The molecule has 1 fully saturated rings. The zero-order valence-electron chi connectivity index (χ0n) is 15.7. The predicted octanol–water partition coefficient (Wildman–Crippen LogP) is 3.02. The van der Waals surface area contributed by atoms with Crippen LogP contribution >= 0.6 is 11.8 Å². The zero-order chi connectivity index (χ0) is 20.6.